The first-order valence-electron chi connectivity index (χ1n) is 8.96. The van der Waals surface area contributed by atoms with Gasteiger partial charge in [-0.1, -0.05) is 25.4 Å². The highest BCUT2D eigenvalue weighted by molar-refractivity contribution is 7.14. The molecule has 1 aromatic heterocycles. The lowest BCUT2D eigenvalue weighted by atomic mass is 9.94. The summed E-state index contributed by atoms with van der Waals surface area (Å²) in [5, 5.41) is 10.1. The Labute approximate surface area is 163 Å². The third-order valence-electron chi connectivity index (χ3n) is 6.22. The van der Waals surface area contributed by atoms with Crippen molar-refractivity contribution in [3.05, 3.63) is 43.6 Å². The molecule has 2 atom stereocenters. The van der Waals surface area contributed by atoms with E-state index >= 15 is 0 Å². The van der Waals surface area contributed by atoms with Gasteiger partial charge in [0.25, 0.3) is 0 Å². The fraction of sp³-hybridized carbons (Fsp3) is 0.476. The minimum atomic E-state index is -0.0576. The Morgan fingerprint density at radius 3 is 2.85 bits per heavy atom. The lowest BCUT2D eigenvalue weighted by molar-refractivity contribution is 0.0985. The van der Waals surface area contributed by atoms with E-state index in [0.717, 1.165) is 16.9 Å². The number of hydrogen-bond acceptors (Lipinski definition) is 4. The Kier molecular flexibility index (Phi) is 4.12. The quantitative estimate of drug-likeness (QED) is 0.682. The van der Waals surface area contributed by atoms with Gasteiger partial charge in [0, 0.05) is 11.3 Å². The lowest BCUT2D eigenvalue weighted by Gasteiger charge is -2.10. The molecule has 0 bridgehead atoms. The molecule has 2 aliphatic carbocycles. The number of Topliss-reactive ketones (excluding diaryl/α,β-unsaturated/α-hetero) is 1. The van der Waals surface area contributed by atoms with Crippen molar-refractivity contribution in [3.63, 3.8) is 0 Å². The number of aryl methyl sites for hydroxylation is 2. The van der Waals surface area contributed by atoms with Gasteiger partial charge in [-0.25, -0.2) is 0 Å². The monoisotopic (exact) mass is 390 g/mol. The zero-order chi connectivity index (χ0) is 18.8. The van der Waals surface area contributed by atoms with Gasteiger partial charge in [0.2, 0.25) is 0 Å². The highest BCUT2D eigenvalue weighted by Gasteiger charge is 2.63. The maximum absolute atomic E-state index is 12.9. The predicted molar refractivity (Wildman–Crippen MR) is 105 cm³/mol. The number of carbonyl (C=O) groups is 1. The van der Waals surface area contributed by atoms with Crippen molar-refractivity contribution < 1.29 is 14.6 Å². The van der Waals surface area contributed by atoms with E-state index in [1.54, 1.807) is 23.5 Å². The van der Waals surface area contributed by atoms with Gasteiger partial charge >= 0.3 is 0 Å². The zero-order valence-electron chi connectivity index (χ0n) is 15.5. The van der Waals surface area contributed by atoms with Crippen molar-refractivity contribution in [2.45, 2.75) is 46.0 Å². The van der Waals surface area contributed by atoms with Gasteiger partial charge in [-0.05, 0) is 65.8 Å². The van der Waals surface area contributed by atoms with Crippen LogP contribution in [0.4, 0.5) is 0 Å². The third-order valence-corrected chi connectivity index (χ3v) is 7.71. The van der Waals surface area contributed by atoms with E-state index in [4.69, 9.17) is 16.3 Å². The normalized spacial score (nSPS) is 22.0. The van der Waals surface area contributed by atoms with Crippen molar-refractivity contribution in [1.29, 1.82) is 0 Å². The molecule has 1 heterocycles. The number of phenolic OH excluding ortho intramolecular Hbond substituents is 1. The Hall–Kier alpha value is -1.52. The summed E-state index contributed by atoms with van der Waals surface area (Å²) in [6.07, 6.45) is 2.08. The van der Waals surface area contributed by atoms with Crippen LogP contribution in [-0.4, -0.2) is 18.0 Å². The third kappa shape index (κ3) is 2.57. The Morgan fingerprint density at radius 2 is 2.15 bits per heavy atom. The largest absolute Gasteiger partial charge is 0.503 e. The van der Waals surface area contributed by atoms with Crippen molar-refractivity contribution in [1.82, 2.24) is 0 Å². The summed E-state index contributed by atoms with van der Waals surface area (Å²) in [6.45, 7) is 6.83. The van der Waals surface area contributed by atoms with E-state index in [1.165, 1.54) is 23.1 Å². The molecule has 5 heteroatoms. The summed E-state index contributed by atoms with van der Waals surface area (Å²) < 4.78 is 5.14. The Bertz CT molecular complexity index is 912. The molecule has 1 fully saturated rings. The average Bonchev–Trinajstić information content (AvgIpc) is 2.95. The standard InChI is InChI=1S/C21H23ClO3S/c1-10-17-12(9-13-18(17)21(13,2)3)20(26-10)15(23)6-5-11-7-14(22)19(24)16(8-11)25-4/h7-8,13,18,24H,5-6,9H2,1-4H3/t13-,18-/m1/s1. The first-order chi connectivity index (χ1) is 12.3. The van der Waals surface area contributed by atoms with Crippen LogP contribution in [0.15, 0.2) is 12.1 Å². The summed E-state index contributed by atoms with van der Waals surface area (Å²) >= 11 is 7.71. The molecule has 1 N–H and O–H groups in total. The first kappa shape index (κ1) is 17.9. The summed E-state index contributed by atoms with van der Waals surface area (Å²) in [5.41, 5.74) is 4.07. The van der Waals surface area contributed by atoms with Crippen molar-refractivity contribution in [3.8, 4) is 11.5 Å². The molecule has 2 aliphatic rings. The number of methoxy groups -OCH3 is 1. The van der Waals surface area contributed by atoms with Gasteiger partial charge < -0.3 is 9.84 Å². The van der Waals surface area contributed by atoms with E-state index in [-0.39, 0.29) is 16.6 Å². The fourth-order valence-corrected chi connectivity index (χ4v) is 6.09. The van der Waals surface area contributed by atoms with E-state index in [9.17, 15) is 9.90 Å². The number of phenols is 1. The smallest absolute Gasteiger partial charge is 0.176 e. The summed E-state index contributed by atoms with van der Waals surface area (Å²) in [4.78, 5) is 15.1. The second-order valence-corrected chi connectivity index (χ2v) is 9.67. The minimum absolute atomic E-state index is 0.0576. The number of benzene rings is 1. The van der Waals surface area contributed by atoms with Gasteiger partial charge in [-0.2, -0.15) is 0 Å². The molecule has 1 aromatic carbocycles. The SMILES string of the molecule is COc1cc(CCC(=O)c2sc(C)c3c2C[C@@H]2[C@H]3C2(C)C)cc(Cl)c1O. The van der Waals surface area contributed by atoms with Crippen LogP contribution in [0.25, 0.3) is 0 Å². The topological polar surface area (TPSA) is 46.5 Å². The average molecular weight is 391 g/mol. The molecule has 0 aliphatic heterocycles. The molecule has 3 nitrogen and oxygen atoms in total. The molecular weight excluding hydrogens is 368 g/mol. The molecule has 4 rings (SSSR count). The Balaban J connectivity index is 1.52. The maximum Gasteiger partial charge on any atom is 0.176 e. The van der Waals surface area contributed by atoms with Crippen LogP contribution in [0.2, 0.25) is 5.02 Å². The van der Waals surface area contributed by atoms with Crippen LogP contribution < -0.4 is 4.74 Å². The van der Waals surface area contributed by atoms with Gasteiger partial charge in [0.15, 0.2) is 17.3 Å². The number of halogens is 1. The number of hydrogen-bond donors (Lipinski definition) is 1. The molecule has 138 valence electrons. The number of thiophene rings is 1. The van der Waals surface area contributed by atoms with Crippen LogP contribution in [0.5, 0.6) is 11.5 Å². The van der Waals surface area contributed by atoms with Crippen molar-refractivity contribution in [2.24, 2.45) is 11.3 Å². The van der Waals surface area contributed by atoms with Gasteiger partial charge in [0.05, 0.1) is 17.0 Å². The van der Waals surface area contributed by atoms with Crippen LogP contribution >= 0.6 is 22.9 Å². The number of rotatable bonds is 5. The molecular formula is C21H23ClO3S. The molecule has 26 heavy (non-hydrogen) atoms. The molecule has 0 spiro atoms. The molecule has 0 amide bonds. The second kappa shape index (κ2) is 6.00. The van der Waals surface area contributed by atoms with E-state index in [0.29, 0.717) is 35.8 Å². The highest BCUT2D eigenvalue weighted by Crippen LogP contribution is 2.71. The molecule has 0 unspecified atom stereocenters. The fourth-order valence-electron chi connectivity index (χ4n) is 4.66. The minimum Gasteiger partial charge on any atom is -0.503 e. The summed E-state index contributed by atoms with van der Waals surface area (Å²) in [7, 11) is 1.49. The first-order valence-corrected chi connectivity index (χ1v) is 10.2. The number of fused-ring (bicyclic) bond motifs is 3. The van der Waals surface area contributed by atoms with Gasteiger partial charge in [0.1, 0.15) is 0 Å². The van der Waals surface area contributed by atoms with Crippen LogP contribution in [0.1, 0.15) is 57.4 Å². The van der Waals surface area contributed by atoms with E-state index in [1.807, 2.05) is 0 Å². The molecule has 0 saturated heterocycles. The van der Waals surface area contributed by atoms with Gasteiger partial charge in [-0.3, -0.25) is 4.79 Å². The van der Waals surface area contributed by atoms with Crippen molar-refractivity contribution in [2.75, 3.05) is 7.11 Å². The zero-order valence-corrected chi connectivity index (χ0v) is 17.1. The van der Waals surface area contributed by atoms with Gasteiger partial charge in [-0.15, -0.1) is 11.3 Å². The highest BCUT2D eigenvalue weighted by atomic mass is 35.5. The maximum atomic E-state index is 12.9. The number of carbonyl (C=O) groups excluding carboxylic acids is 1. The lowest BCUT2D eigenvalue weighted by Crippen LogP contribution is -2.05. The Morgan fingerprint density at radius 1 is 1.42 bits per heavy atom. The van der Waals surface area contributed by atoms with Crippen molar-refractivity contribution >= 4 is 28.7 Å². The number of ketones is 1. The predicted octanol–water partition coefficient (Wildman–Crippen LogP) is 5.54. The second-order valence-electron chi connectivity index (χ2n) is 8.04. The van der Waals surface area contributed by atoms with E-state index in [2.05, 4.69) is 20.8 Å². The van der Waals surface area contributed by atoms with Crippen LogP contribution in [-0.2, 0) is 12.8 Å². The molecule has 0 radical (unpaired) electrons. The van der Waals surface area contributed by atoms with E-state index < -0.39 is 0 Å². The molecule has 1 saturated carbocycles. The van der Waals surface area contributed by atoms with Crippen LogP contribution in [0, 0.1) is 18.3 Å². The number of ether oxygens (including phenoxy) is 1. The summed E-state index contributed by atoms with van der Waals surface area (Å²) in [6, 6.07) is 3.45. The summed E-state index contributed by atoms with van der Waals surface area (Å²) in [5.74, 6) is 1.86. The molecule has 2 aromatic rings. The van der Waals surface area contributed by atoms with Crippen LogP contribution in [0.3, 0.4) is 0 Å². The number of aromatic hydroxyl groups is 1.